The fourth-order valence-electron chi connectivity index (χ4n) is 3.44. The van der Waals surface area contributed by atoms with Gasteiger partial charge in [-0.3, -0.25) is 18.9 Å². The van der Waals surface area contributed by atoms with Crippen molar-refractivity contribution < 1.29 is 5.11 Å². The standard InChI is InChI=1S/C20H21N5O3/c1-11(2)10-25-18-17(19(27)24(3)20(25)28)22-16(23-18)7-13-9-21-8-12-6-14(26)4-5-15(12)13/h4-6,8-9,11,26H,7,10H2,1-3H3,(H,22,23). The highest BCUT2D eigenvalue weighted by Gasteiger charge is 2.17. The lowest BCUT2D eigenvalue weighted by Crippen LogP contribution is -2.38. The summed E-state index contributed by atoms with van der Waals surface area (Å²) < 4.78 is 2.65. The molecule has 8 nitrogen and oxygen atoms in total. The molecule has 3 heterocycles. The molecule has 0 fully saturated rings. The van der Waals surface area contributed by atoms with Crippen LogP contribution < -0.4 is 11.2 Å². The van der Waals surface area contributed by atoms with Crippen molar-refractivity contribution in [3.63, 3.8) is 0 Å². The van der Waals surface area contributed by atoms with Crippen molar-refractivity contribution >= 4 is 21.9 Å². The number of phenolic OH excluding ortho intramolecular Hbond substituents is 1. The molecule has 8 heteroatoms. The van der Waals surface area contributed by atoms with Gasteiger partial charge in [-0.1, -0.05) is 19.9 Å². The van der Waals surface area contributed by atoms with Gasteiger partial charge < -0.3 is 10.1 Å². The number of nitrogens with zero attached hydrogens (tertiary/aromatic N) is 4. The van der Waals surface area contributed by atoms with Crippen LogP contribution in [0.3, 0.4) is 0 Å². The molecule has 0 atom stereocenters. The van der Waals surface area contributed by atoms with Crippen LogP contribution in [0.25, 0.3) is 21.9 Å². The third-order valence-electron chi connectivity index (χ3n) is 4.76. The summed E-state index contributed by atoms with van der Waals surface area (Å²) in [7, 11) is 1.47. The number of aromatic nitrogens is 5. The molecule has 2 N–H and O–H groups in total. The average Bonchev–Trinajstić information content (AvgIpc) is 3.07. The van der Waals surface area contributed by atoms with Gasteiger partial charge in [0, 0.05) is 37.8 Å². The Morgan fingerprint density at radius 2 is 2.00 bits per heavy atom. The molecule has 0 aliphatic carbocycles. The average molecular weight is 379 g/mol. The van der Waals surface area contributed by atoms with E-state index in [1.54, 1.807) is 29.1 Å². The number of rotatable bonds is 4. The molecule has 144 valence electrons. The van der Waals surface area contributed by atoms with Gasteiger partial charge in [-0.15, -0.1) is 0 Å². The Morgan fingerprint density at radius 1 is 1.21 bits per heavy atom. The number of fused-ring (bicyclic) bond motifs is 2. The molecular formula is C20H21N5O3. The highest BCUT2D eigenvalue weighted by molar-refractivity contribution is 5.86. The van der Waals surface area contributed by atoms with Crippen molar-refractivity contribution in [1.29, 1.82) is 0 Å². The van der Waals surface area contributed by atoms with Crippen LogP contribution in [0.15, 0.2) is 40.2 Å². The van der Waals surface area contributed by atoms with Gasteiger partial charge >= 0.3 is 5.69 Å². The first-order valence-corrected chi connectivity index (χ1v) is 9.09. The van der Waals surface area contributed by atoms with Crippen molar-refractivity contribution in [2.24, 2.45) is 13.0 Å². The van der Waals surface area contributed by atoms with Crippen molar-refractivity contribution in [3.05, 3.63) is 62.8 Å². The lowest BCUT2D eigenvalue weighted by molar-refractivity contribution is 0.476. The van der Waals surface area contributed by atoms with Gasteiger partial charge in [-0.05, 0) is 29.0 Å². The van der Waals surface area contributed by atoms with Gasteiger partial charge in [0.1, 0.15) is 17.1 Å². The smallest absolute Gasteiger partial charge is 0.332 e. The van der Waals surface area contributed by atoms with Crippen molar-refractivity contribution in [3.8, 4) is 5.75 Å². The zero-order valence-corrected chi connectivity index (χ0v) is 15.9. The maximum Gasteiger partial charge on any atom is 0.332 e. The van der Waals surface area contributed by atoms with Crippen LogP contribution in [0, 0.1) is 5.92 Å². The number of imidazole rings is 1. The predicted octanol–water partition coefficient (Wildman–Crippen LogP) is 1.92. The largest absolute Gasteiger partial charge is 0.508 e. The number of aromatic hydroxyl groups is 1. The second-order valence-corrected chi connectivity index (χ2v) is 7.41. The molecule has 0 aliphatic heterocycles. The van der Waals surface area contributed by atoms with Crippen LogP contribution in [0.1, 0.15) is 25.2 Å². The van der Waals surface area contributed by atoms with E-state index in [1.807, 2.05) is 19.9 Å². The fraction of sp³-hybridized carbons (Fsp3) is 0.300. The van der Waals surface area contributed by atoms with Crippen LogP contribution >= 0.6 is 0 Å². The minimum atomic E-state index is -0.389. The number of hydrogen-bond acceptors (Lipinski definition) is 5. The number of aromatic amines is 1. The van der Waals surface area contributed by atoms with Gasteiger partial charge in [0.2, 0.25) is 0 Å². The Bertz CT molecular complexity index is 1310. The van der Waals surface area contributed by atoms with E-state index < -0.39 is 0 Å². The zero-order valence-electron chi connectivity index (χ0n) is 15.9. The van der Waals surface area contributed by atoms with E-state index in [1.165, 1.54) is 7.05 Å². The Kier molecular flexibility index (Phi) is 4.26. The number of H-pyrrole nitrogens is 1. The highest BCUT2D eigenvalue weighted by Crippen LogP contribution is 2.23. The van der Waals surface area contributed by atoms with E-state index in [2.05, 4.69) is 15.0 Å². The molecule has 0 saturated carbocycles. The Hall–Kier alpha value is -3.42. The normalized spacial score (nSPS) is 11.7. The van der Waals surface area contributed by atoms with Crippen LogP contribution in [0.5, 0.6) is 5.75 Å². The third kappa shape index (κ3) is 2.96. The summed E-state index contributed by atoms with van der Waals surface area (Å²) in [6, 6.07) is 5.11. The first-order chi connectivity index (χ1) is 13.3. The summed E-state index contributed by atoms with van der Waals surface area (Å²) in [5.74, 6) is 0.988. The zero-order chi connectivity index (χ0) is 20.0. The van der Waals surface area contributed by atoms with Gasteiger partial charge in [0.05, 0.1) is 0 Å². The van der Waals surface area contributed by atoms with Gasteiger partial charge in [-0.2, -0.15) is 0 Å². The molecule has 0 bridgehead atoms. The molecule has 0 aliphatic rings. The lowest BCUT2D eigenvalue weighted by atomic mass is 10.1. The second-order valence-electron chi connectivity index (χ2n) is 7.41. The molecular weight excluding hydrogens is 358 g/mol. The monoisotopic (exact) mass is 379 g/mol. The Balaban J connectivity index is 1.86. The van der Waals surface area contributed by atoms with E-state index in [4.69, 9.17) is 0 Å². The maximum absolute atomic E-state index is 12.6. The molecule has 4 rings (SSSR count). The molecule has 1 aromatic carbocycles. The number of pyridine rings is 1. The van der Waals surface area contributed by atoms with Crippen molar-refractivity contribution in [2.75, 3.05) is 0 Å². The van der Waals surface area contributed by atoms with Crippen molar-refractivity contribution in [2.45, 2.75) is 26.8 Å². The molecule has 28 heavy (non-hydrogen) atoms. The van der Waals surface area contributed by atoms with E-state index in [9.17, 15) is 14.7 Å². The fourth-order valence-corrected chi connectivity index (χ4v) is 3.44. The van der Waals surface area contributed by atoms with E-state index in [0.29, 0.717) is 30.0 Å². The van der Waals surface area contributed by atoms with Gasteiger partial charge in [0.25, 0.3) is 5.56 Å². The van der Waals surface area contributed by atoms with E-state index >= 15 is 0 Å². The number of hydrogen-bond donors (Lipinski definition) is 2. The summed E-state index contributed by atoms with van der Waals surface area (Å²) in [6.45, 7) is 4.49. The summed E-state index contributed by atoms with van der Waals surface area (Å²) in [5.41, 5.74) is 0.851. The molecule has 0 unspecified atom stereocenters. The van der Waals surface area contributed by atoms with E-state index in [-0.39, 0.29) is 22.9 Å². The third-order valence-corrected chi connectivity index (χ3v) is 4.76. The van der Waals surface area contributed by atoms with Gasteiger partial charge in [-0.25, -0.2) is 9.78 Å². The summed E-state index contributed by atoms with van der Waals surface area (Å²) >= 11 is 0. The molecule has 4 aromatic rings. The summed E-state index contributed by atoms with van der Waals surface area (Å²) in [5, 5.41) is 11.4. The molecule has 0 saturated heterocycles. The highest BCUT2D eigenvalue weighted by atomic mass is 16.3. The van der Waals surface area contributed by atoms with Crippen LogP contribution in [-0.4, -0.2) is 29.2 Å². The minimum Gasteiger partial charge on any atom is -0.508 e. The molecule has 0 amide bonds. The molecule has 3 aromatic heterocycles. The molecule has 0 spiro atoms. The van der Waals surface area contributed by atoms with Crippen molar-refractivity contribution in [1.82, 2.24) is 24.1 Å². The van der Waals surface area contributed by atoms with Crippen LogP contribution in [-0.2, 0) is 20.0 Å². The maximum atomic E-state index is 12.6. The number of benzene rings is 1. The van der Waals surface area contributed by atoms with Crippen LogP contribution in [0.4, 0.5) is 0 Å². The Morgan fingerprint density at radius 3 is 2.75 bits per heavy atom. The summed E-state index contributed by atoms with van der Waals surface area (Å²) in [6.07, 6.45) is 3.85. The van der Waals surface area contributed by atoms with Gasteiger partial charge in [0.15, 0.2) is 5.65 Å². The quantitative estimate of drug-likeness (QED) is 0.564. The lowest BCUT2D eigenvalue weighted by Gasteiger charge is -2.10. The minimum absolute atomic E-state index is 0.177. The van der Waals surface area contributed by atoms with Crippen LogP contribution in [0.2, 0.25) is 0 Å². The predicted molar refractivity (Wildman–Crippen MR) is 107 cm³/mol. The second kappa shape index (κ2) is 6.63. The SMILES string of the molecule is CC(C)Cn1c(=O)n(C)c(=O)c2[nH]c(Cc3cncc4cc(O)ccc34)nc21. The van der Waals surface area contributed by atoms with E-state index in [0.717, 1.165) is 20.9 Å². The number of nitrogens with one attached hydrogen (secondary N) is 1. The molecule has 0 radical (unpaired) electrons. The first kappa shape index (κ1) is 18.0. The first-order valence-electron chi connectivity index (χ1n) is 9.09. The topological polar surface area (TPSA) is 106 Å². The number of phenols is 1. The summed E-state index contributed by atoms with van der Waals surface area (Å²) in [4.78, 5) is 37.0. The Labute approximate surface area is 160 Å².